The van der Waals surface area contributed by atoms with Crippen molar-refractivity contribution in [2.75, 3.05) is 0 Å². The van der Waals surface area contributed by atoms with Crippen LogP contribution in [0.3, 0.4) is 0 Å². The first-order valence-electron chi connectivity index (χ1n) is 3.04. The Kier molecular flexibility index (Phi) is 1.76. The molecule has 0 radical (unpaired) electrons. The Balaban J connectivity index is 3.26. The van der Waals surface area contributed by atoms with Gasteiger partial charge in [-0.3, -0.25) is 4.79 Å². The third-order valence-electron chi connectivity index (χ3n) is 1.34. The zero-order valence-electron chi connectivity index (χ0n) is 5.92. The molecule has 0 saturated carbocycles. The lowest BCUT2D eigenvalue weighted by molar-refractivity contribution is 0.0696. The van der Waals surface area contributed by atoms with Crippen LogP contribution < -0.4 is 5.56 Å². The van der Waals surface area contributed by atoms with Crippen LogP contribution in [0.2, 0.25) is 0 Å². The van der Waals surface area contributed by atoms with Crippen molar-refractivity contribution >= 4 is 5.97 Å². The van der Waals surface area contributed by atoms with Gasteiger partial charge in [-0.15, -0.1) is 0 Å². The fourth-order valence-corrected chi connectivity index (χ4v) is 0.721. The fraction of sp³-hybridized carbons (Fsp3) is 0.143. The van der Waals surface area contributed by atoms with Crippen LogP contribution in [0.5, 0.6) is 0 Å². The van der Waals surface area contributed by atoms with Crippen LogP contribution >= 0.6 is 0 Å². The molecule has 0 saturated heterocycles. The molecular formula is C7H7NO3. The van der Waals surface area contributed by atoms with Gasteiger partial charge < -0.3 is 10.1 Å². The van der Waals surface area contributed by atoms with Crippen molar-refractivity contribution in [3.8, 4) is 0 Å². The number of H-pyrrole nitrogens is 1. The Morgan fingerprint density at radius 1 is 1.64 bits per heavy atom. The van der Waals surface area contributed by atoms with E-state index in [9.17, 15) is 9.59 Å². The zero-order chi connectivity index (χ0) is 8.43. The fourth-order valence-electron chi connectivity index (χ4n) is 0.721. The van der Waals surface area contributed by atoms with E-state index in [-0.39, 0.29) is 11.1 Å². The number of nitrogens with one attached hydrogen (secondary N) is 1. The van der Waals surface area contributed by atoms with Gasteiger partial charge in [0.25, 0.3) is 5.56 Å². The van der Waals surface area contributed by atoms with Crippen LogP contribution in [0.25, 0.3) is 0 Å². The molecule has 0 aliphatic carbocycles. The molecule has 0 aliphatic heterocycles. The number of carboxylic acid groups (broad SMARTS) is 1. The molecule has 0 unspecified atom stereocenters. The molecule has 1 heterocycles. The SMILES string of the molecule is Cc1cc(C(=O)O)c[nH]c1=O. The van der Waals surface area contributed by atoms with Crippen LogP contribution in [0.4, 0.5) is 0 Å². The number of carboxylic acids is 1. The lowest BCUT2D eigenvalue weighted by atomic mass is 10.2. The number of aryl methyl sites for hydroxylation is 1. The van der Waals surface area contributed by atoms with Crippen LogP contribution in [0.1, 0.15) is 15.9 Å². The van der Waals surface area contributed by atoms with Crippen molar-refractivity contribution in [1.29, 1.82) is 0 Å². The molecule has 4 nitrogen and oxygen atoms in total. The van der Waals surface area contributed by atoms with Gasteiger partial charge in [0.2, 0.25) is 0 Å². The molecule has 1 aromatic rings. The second-order valence-corrected chi connectivity index (χ2v) is 2.21. The lowest BCUT2D eigenvalue weighted by Crippen LogP contribution is -2.11. The van der Waals surface area contributed by atoms with E-state index in [2.05, 4.69) is 4.98 Å². The summed E-state index contributed by atoms with van der Waals surface area (Å²) in [5.41, 5.74) is 0.252. The molecule has 1 aromatic heterocycles. The van der Waals surface area contributed by atoms with Gasteiger partial charge in [-0.2, -0.15) is 0 Å². The second kappa shape index (κ2) is 2.57. The molecule has 1 rings (SSSR count). The molecule has 0 atom stereocenters. The summed E-state index contributed by atoms with van der Waals surface area (Å²) in [6.07, 6.45) is 1.18. The van der Waals surface area contributed by atoms with E-state index in [0.717, 1.165) is 0 Å². The summed E-state index contributed by atoms with van der Waals surface area (Å²) in [6, 6.07) is 1.33. The van der Waals surface area contributed by atoms with Gasteiger partial charge in [-0.1, -0.05) is 0 Å². The Morgan fingerprint density at radius 2 is 2.27 bits per heavy atom. The van der Waals surface area contributed by atoms with Gasteiger partial charge in [0, 0.05) is 11.8 Å². The first kappa shape index (κ1) is 7.53. The summed E-state index contributed by atoms with van der Waals surface area (Å²) in [4.78, 5) is 23.4. The van der Waals surface area contributed by atoms with Crippen molar-refractivity contribution in [1.82, 2.24) is 4.98 Å². The average molecular weight is 153 g/mol. The molecule has 0 aliphatic rings. The number of aromatic amines is 1. The smallest absolute Gasteiger partial charge is 0.337 e. The Hall–Kier alpha value is -1.58. The van der Waals surface area contributed by atoms with Crippen molar-refractivity contribution < 1.29 is 9.90 Å². The maximum absolute atomic E-state index is 10.7. The molecule has 11 heavy (non-hydrogen) atoms. The van der Waals surface area contributed by atoms with E-state index >= 15 is 0 Å². The molecule has 4 heteroatoms. The normalized spacial score (nSPS) is 9.55. The van der Waals surface area contributed by atoms with E-state index in [1.165, 1.54) is 12.3 Å². The summed E-state index contributed by atoms with van der Waals surface area (Å²) >= 11 is 0. The van der Waals surface area contributed by atoms with Gasteiger partial charge in [0.1, 0.15) is 0 Å². The summed E-state index contributed by atoms with van der Waals surface area (Å²) in [5, 5.41) is 8.48. The van der Waals surface area contributed by atoms with Gasteiger partial charge >= 0.3 is 5.97 Å². The number of hydrogen-bond donors (Lipinski definition) is 2. The Morgan fingerprint density at radius 3 is 2.73 bits per heavy atom. The second-order valence-electron chi connectivity index (χ2n) is 2.21. The lowest BCUT2D eigenvalue weighted by Gasteiger charge is -1.93. The Bertz CT molecular complexity index is 340. The summed E-state index contributed by atoms with van der Waals surface area (Å²) in [5.74, 6) is -1.04. The number of aromatic carboxylic acids is 1. The molecule has 0 amide bonds. The first-order valence-corrected chi connectivity index (χ1v) is 3.04. The first-order chi connectivity index (χ1) is 5.11. The predicted molar refractivity (Wildman–Crippen MR) is 38.8 cm³/mol. The predicted octanol–water partition coefficient (Wildman–Crippen LogP) is 0.382. The zero-order valence-corrected chi connectivity index (χ0v) is 5.92. The maximum Gasteiger partial charge on any atom is 0.337 e. The topological polar surface area (TPSA) is 70.2 Å². The molecule has 58 valence electrons. The number of carbonyl (C=O) groups is 1. The molecule has 0 fully saturated rings. The van der Waals surface area contributed by atoms with Gasteiger partial charge in [0.15, 0.2) is 0 Å². The molecular weight excluding hydrogens is 146 g/mol. The van der Waals surface area contributed by atoms with Crippen LogP contribution in [-0.4, -0.2) is 16.1 Å². The van der Waals surface area contributed by atoms with Crippen LogP contribution in [-0.2, 0) is 0 Å². The average Bonchev–Trinajstić information content (AvgIpc) is 1.94. The van der Waals surface area contributed by atoms with Crippen molar-refractivity contribution in [2.24, 2.45) is 0 Å². The summed E-state index contributed by atoms with van der Waals surface area (Å²) in [6.45, 7) is 1.56. The van der Waals surface area contributed by atoms with Gasteiger partial charge in [-0.25, -0.2) is 4.79 Å². The standard InChI is InChI=1S/C7H7NO3/c1-4-2-5(7(10)11)3-8-6(4)9/h2-3H,1H3,(H,8,9)(H,10,11). The number of hydrogen-bond acceptors (Lipinski definition) is 2. The highest BCUT2D eigenvalue weighted by Gasteiger charge is 2.02. The molecule has 0 spiro atoms. The van der Waals surface area contributed by atoms with Crippen LogP contribution in [0, 0.1) is 6.92 Å². The number of rotatable bonds is 1. The highest BCUT2D eigenvalue weighted by molar-refractivity contribution is 5.87. The van der Waals surface area contributed by atoms with Crippen LogP contribution in [0.15, 0.2) is 17.1 Å². The minimum absolute atomic E-state index is 0.0992. The molecule has 0 aromatic carbocycles. The highest BCUT2D eigenvalue weighted by atomic mass is 16.4. The third kappa shape index (κ3) is 1.46. The Labute approximate surface area is 62.5 Å². The van der Waals surface area contributed by atoms with E-state index in [4.69, 9.17) is 5.11 Å². The number of aromatic nitrogens is 1. The quantitative estimate of drug-likeness (QED) is 0.612. The minimum Gasteiger partial charge on any atom is -0.478 e. The van der Waals surface area contributed by atoms with Crippen molar-refractivity contribution in [3.63, 3.8) is 0 Å². The van der Waals surface area contributed by atoms with E-state index in [1.807, 2.05) is 0 Å². The summed E-state index contributed by atoms with van der Waals surface area (Å²) in [7, 11) is 0. The van der Waals surface area contributed by atoms with E-state index in [0.29, 0.717) is 5.56 Å². The number of pyridine rings is 1. The monoisotopic (exact) mass is 153 g/mol. The van der Waals surface area contributed by atoms with Crippen molar-refractivity contribution in [2.45, 2.75) is 6.92 Å². The van der Waals surface area contributed by atoms with Gasteiger partial charge in [0.05, 0.1) is 5.56 Å². The maximum atomic E-state index is 10.7. The summed E-state index contributed by atoms with van der Waals surface area (Å²) < 4.78 is 0. The third-order valence-corrected chi connectivity index (χ3v) is 1.34. The van der Waals surface area contributed by atoms with E-state index < -0.39 is 5.97 Å². The van der Waals surface area contributed by atoms with E-state index in [1.54, 1.807) is 6.92 Å². The highest BCUT2D eigenvalue weighted by Crippen LogP contribution is 1.95. The van der Waals surface area contributed by atoms with Crippen molar-refractivity contribution in [3.05, 3.63) is 33.7 Å². The molecule has 0 bridgehead atoms. The minimum atomic E-state index is -1.04. The van der Waals surface area contributed by atoms with Gasteiger partial charge in [-0.05, 0) is 13.0 Å². The molecule has 2 N–H and O–H groups in total. The largest absolute Gasteiger partial charge is 0.478 e.